The van der Waals surface area contributed by atoms with Crippen LogP contribution in [-0.4, -0.2) is 33.5 Å². The van der Waals surface area contributed by atoms with Crippen LogP contribution in [0.5, 0.6) is 5.75 Å². The van der Waals surface area contributed by atoms with Gasteiger partial charge in [-0.2, -0.15) is 0 Å². The van der Waals surface area contributed by atoms with E-state index in [9.17, 15) is 5.11 Å². The molecule has 0 amide bonds. The van der Waals surface area contributed by atoms with Gasteiger partial charge in [-0.3, -0.25) is 0 Å². The number of fused-ring (bicyclic) bond motifs is 1. The third kappa shape index (κ3) is 3.81. The lowest BCUT2D eigenvalue weighted by molar-refractivity contribution is 0.126. The van der Waals surface area contributed by atoms with Crippen molar-refractivity contribution in [3.05, 3.63) is 54.1 Å². The molecule has 1 unspecified atom stereocenters. The van der Waals surface area contributed by atoms with Crippen molar-refractivity contribution in [3.8, 4) is 5.75 Å². The highest BCUT2D eigenvalue weighted by Gasteiger charge is 2.09. The number of aliphatic hydroxyl groups is 1. The average Bonchev–Trinajstić information content (AvgIpc) is 2.95. The molecule has 1 atom stereocenters. The van der Waals surface area contributed by atoms with Crippen molar-refractivity contribution in [1.82, 2.24) is 9.97 Å². The molecule has 5 heteroatoms. The number of nitrogens with one attached hydrogen (secondary N) is 1. The van der Waals surface area contributed by atoms with Gasteiger partial charge in [-0.25, -0.2) is 4.98 Å². The average molecular weight is 314 g/mol. The van der Waals surface area contributed by atoms with Gasteiger partial charge in [0.05, 0.1) is 17.1 Å². The number of H-pyrrole nitrogens is 1. The monoisotopic (exact) mass is 314 g/mol. The van der Waals surface area contributed by atoms with Crippen molar-refractivity contribution in [2.45, 2.75) is 18.2 Å². The maximum absolute atomic E-state index is 10.0. The molecule has 4 nitrogen and oxygen atoms in total. The molecular formula is C17H18N2O2S. The molecule has 1 aromatic heterocycles. The Labute approximate surface area is 133 Å². The summed E-state index contributed by atoms with van der Waals surface area (Å²) in [5.41, 5.74) is 3.14. The Morgan fingerprint density at radius 3 is 2.73 bits per heavy atom. The van der Waals surface area contributed by atoms with Gasteiger partial charge < -0.3 is 14.8 Å². The van der Waals surface area contributed by atoms with Gasteiger partial charge in [0.1, 0.15) is 12.4 Å². The summed E-state index contributed by atoms with van der Waals surface area (Å²) < 4.78 is 5.58. The quantitative estimate of drug-likeness (QED) is 0.685. The number of imidazole rings is 1. The third-order valence-electron chi connectivity index (χ3n) is 3.24. The normalized spacial score (nSPS) is 12.5. The molecule has 0 aliphatic carbocycles. The van der Waals surface area contributed by atoms with Crippen molar-refractivity contribution < 1.29 is 9.84 Å². The number of nitrogens with zero attached hydrogens (tertiary/aromatic N) is 1. The predicted octanol–water partition coefficient (Wildman–Crippen LogP) is 3.40. The second-order valence-electron chi connectivity index (χ2n) is 5.15. The number of aliphatic hydroxyl groups excluding tert-OH is 1. The van der Waals surface area contributed by atoms with Crippen LogP contribution in [0.2, 0.25) is 0 Å². The Balaban J connectivity index is 1.49. The first-order valence-electron chi connectivity index (χ1n) is 7.16. The topological polar surface area (TPSA) is 58.1 Å². The number of ether oxygens (including phenoxy) is 1. The fourth-order valence-corrected chi connectivity index (χ4v) is 2.84. The fraction of sp³-hybridized carbons (Fsp3) is 0.235. The van der Waals surface area contributed by atoms with Gasteiger partial charge in [0.2, 0.25) is 0 Å². The number of aromatic amines is 1. The third-order valence-corrected chi connectivity index (χ3v) is 4.26. The van der Waals surface area contributed by atoms with E-state index in [1.54, 1.807) is 0 Å². The Hall–Kier alpha value is -1.98. The van der Waals surface area contributed by atoms with E-state index in [0.29, 0.717) is 5.75 Å². The SMILES string of the molecule is Cc1ccc(OCC(O)CSc2nc3ccccc3[nH]2)cc1. The minimum Gasteiger partial charge on any atom is -0.491 e. The maximum Gasteiger partial charge on any atom is 0.166 e. The summed E-state index contributed by atoms with van der Waals surface area (Å²) in [6.07, 6.45) is -0.542. The zero-order valence-corrected chi connectivity index (χ0v) is 13.1. The molecule has 0 saturated heterocycles. The van der Waals surface area contributed by atoms with Crippen molar-refractivity contribution >= 4 is 22.8 Å². The number of rotatable bonds is 6. The summed E-state index contributed by atoms with van der Waals surface area (Å²) in [6, 6.07) is 15.7. The second-order valence-corrected chi connectivity index (χ2v) is 6.16. The summed E-state index contributed by atoms with van der Waals surface area (Å²) in [4.78, 5) is 7.70. The van der Waals surface area contributed by atoms with Gasteiger partial charge in [0, 0.05) is 5.75 Å². The Kier molecular flexibility index (Phi) is 4.65. The zero-order chi connectivity index (χ0) is 15.4. The lowest BCUT2D eigenvalue weighted by Crippen LogP contribution is -2.20. The van der Waals surface area contributed by atoms with Crippen molar-refractivity contribution in [3.63, 3.8) is 0 Å². The van der Waals surface area contributed by atoms with Gasteiger partial charge in [0.25, 0.3) is 0 Å². The highest BCUT2D eigenvalue weighted by molar-refractivity contribution is 7.99. The standard InChI is InChI=1S/C17H18N2O2S/c1-12-6-8-14(9-7-12)21-10-13(20)11-22-17-18-15-4-2-3-5-16(15)19-17/h2-9,13,20H,10-11H2,1H3,(H,18,19). The van der Waals surface area contributed by atoms with Crippen LogP contribution in [0.3, 0.4) is 0 Å². The number of hydrogen-bond donors (Lipinski definition) is 2. The molecule has 2 aromatic carbocycles. The van der Waals surface area contributed by atoms with Gasteiger partial charge in [-0.1, -0.05) is 41.6 Å². The predicted molar refractivity (Wildman–Crippen MR) is 89.5 cm³/mol. The van der Waals surface area contributed by atoms with Crippen LogP contribution in [0, 0.1) is 6.92 Å². The number of aromatic nitrogens is 2. The molecule has 3 rings (SSSR count). The van der Waals surface area contributed by atoms with Gasteiger partial charge >= 0.3 is 0 Å². The molecule has 1 heterocycles. The molecule has 0 fully saturated rings. The molecule has 2 N–H and O–H groups in total. The minimum absolute atomic E-state index is 0.274. The minimum atomic E-state index is -0.542. The van der Waals surface area contributed by atoms with Crippen molar-refractivity contribution in [2.75, 3.05) is 12.4 Å². The Morgan fingerprint density at radius 1 is 1.18 bits per heavy atom. The summed E-state index contributed by atoms with van der Waals surface area (Å²) in [6.45, 7) is 2.30. The first kappa shape index (κ1) is 14.9. The highest BCUT2D eigenvalue weighted by atomic mass is 32.2. The smallest absolute Gasteiger partial charge is 0.166 e. The first-order valence-corrected chi connectivity index (χ1v) is 8.14. The largest absolute Gasteiger partial charge is 0.491 e. The summed E-state index contributed by atoms with van der Waals surface area (Å²) in [5, 5.41) is 10.8. The Morgan fingerprint density at radius 2 is 1.95 bits per heavy atom. The van der Waals surface area contributed by atoms with Crippen LogP contribution in [-0.2, 0) is 0 Å². The summed E-state index contributed by atoms with van der Waals surface area (Å²) in [5.74, 6) is 1.31. The van der Waals surface area contributed by atoms with Crippen LogP contribution in [0.4, 0.5) is 0 Å². The van der Waals surface area contributed by atoms with Crippen LogP contribution in [0.15, 0.2) is 53.7 Å². The molecule has 22 heavy (non-hydrogen) atoms. The van der Waals surface area contributed by atoms with Crippen molar-refractivity contribution in [2.24, 2.45) is 0 Å². The number of benzene rings is 2. The fourth-order valence-electron chi connectivity index (χ4n) is 2.05. The molecule has 0 aliphatic rings. The molecule has 0 spiro atoms. The molecule has 0 saturated carbocycles. The van der Waals surface area contributed by atoms with Crippen LogP contribution in [0.25, 0.3) is 11.0 Å². The molecule has 114 valence electrons. The van der Waals surface area contributed by atoms with E-state index in [4.69, 9.17) is 4.74 Å². The van der Waals surface area contributed by atoms with E-state index in [-0.39, 0.29) is 6.61 Å². The number of aryl methyl sites for hydroxylation is 1. The number of para-hydroxylation sites is 2. The molecule has 3 aromatic rings. The van der Waals surface area contributed by atoms with E-state index in [2.05, 4.69) is 9.97 Å². The molecular weight excluding hydrogens is 296 g/mol. The van der Waals surface area contributed by atoms with Crippen LogP contribution in [0.1, 0.15) is 5.56 Å². The lowest BCUT2D eigenvalue weighted by atomic mass is 10.2. The summed E-state index contributed by atoms with van der Waals surface area (Å²) in [7, 11) is 0. The van der Waals surface area contributed by atoms with Crippen LogP contribution < -0.4 is 4.74 Å². The first-order chi connectivity index (χ1) is 10.7. The molecule has 0 bridgehead atoms. The summed E-state index contributed by atoms with van der Waals surface area (Å²) >= 11 is 1.50. The number of thioether (sulfide) groups is 1. The van der Waals surface area contributed by atoms with Crippen molar-refractivity contribution in [1.29, 1.82) is 0 Å². The Bertz CT molecular complexity index is 707. The van der Waals surface area contributed by atoms with E-state index in [1.807, 2.05) is 55.5 Å². The van der Waals surface area contributed by atoms with E-state index < -0.39 is 6.10 Å². The molecule has 0 aliphatic heterocycles. The zero-order valence-electron chi connectivity index (χ0n) is 12.3. The van der Waals surface area contributed by atoms with Gasteiger partial charge in [-0.15, -0.1) is 0 Å². The lowest BCUT2D eigenvalue weighted by Gasteiger charge is -2.11. The number of hydrogen-bond acceptors (Lipinski definition) is 4. The van der Waals surface area contributed by atoms with Crippen LogP contribution >= 0.6 is 11.8 Å². The second kappa shape index (κ2) is 6.85. The van der Waals surface area contributed by atoms with E-state index >= 15 is 0 Å². The van der Waals surface area contributed by atoms with E-state index in [1.165, 1.54) is 17.3 Å². The van der Waals surface area contributed by atoms with E-state index in [0.717, 1.165) is 21.9 Å². The molecule has 0 radical (unpaired) electrons. The maximum atomic E-state index is 10.0. The van der Waals surface area contributed by atoms with Gasteiger partial charge in [0.15, 0.2) is 5.16 Å². The highest BCUT2D eigenvalue weighted by Crippen LogP contribution is 2.20. The van der Waals surface area contributed by atoms with Gasteiger partial charge in [-0.05, 0) is 31.2 Å².